The van der Waals surface area contributed by atoms with Gasteiger partial charge in [-0.25, -0.2) is 0 Å². The molecule has 0 radical (unpaired) electrons. The van der Waals surface area contributed by atoms with Crippen LogP contribution in [0.3, 0.4) is 0 Å². The van der Waals surface area contributed by atoms with Gasteiger partial charge in [0.1, 0.15) is 0 Å². The van der Waals surface area contributed by atoms with Gasteiger partial charge < -0.3 is 15.3 Å². The van der Waals surface area contributed by atoms with Gasteiger partial charge in [-0.05, 0) is 12.5 Å². The van der Waals surface area contributed by atoms with Crippen LogP contribution in [0.1, 0.15) is 16.8 Å². The Bertz CT molecular complexity index is 1280. The van der Waals surface area contributed by atoms with E-state index in [2.05, 4.69) is 70.6 Å². The number of aliphatic imine (C=N–C) groups is 1. The van der Waals surface area contributed by atoms with Crippen molar-refractivity contribution in [3.05, 3.63) is 112 Å². The van der Waals surface area contributed by atoms with Crippen molar-refractivity contribution in [3.63, 3.8) is 0 Å². The third-order valence-electron chi connectivity index (χ3n) is 4.83. The Kier molecular flexibility index (Phi) is 9.33. The zero-order valence-corrected chi connectivity index (χ0v) is 21.6. The summed E-state index contributed by atoms with van der Waals surface area (Å²) in [5.41, 5.74) is 0.146. The molecule has 3 aromatic carbocycles. The molecule has 0 aliphatic heterocycles. The average Bonchev–Trinajstić information content (AvgIpc) is 2.87. The molecule has 9 heteroatoms. The number of hydrogen-bond acceptors (Lipinski definition) is 7. The number of nitro benzene ring substituents is 1. The van der Waals surface area contributed by atoms with Crippen LogP contribution < -0.4 is 17.4 Å². The van der Waals surface area contributed by atoms with Crippen LogP contribution in [-0.4, -0.2) is 42.4 Å². The maximum absolute atomic E-state index is 12.0. The van der Waals surface area contributed by atoms with Crippen LogP contribution in [0.4, 0.5) is 11.4 Å². The normalized spacial score (nSPS) is 10.3. The van der Waals surface area contributed by atoms with Crippen molar-refractivity contribution in [2.24, 2.45) is 4.99 Å². The number of aryl methyl sites for hydroxylation is 1. The Labute approximate surface area is 212 Å². The summed E-state index contributed by atoms with van der Waals surface area (Å²) in [6.07, 6.45) is 2.45. The van der Waals surface area contributed by atoms with E-state index in [0.717, 1.165) is 24.4 Å². The van der Waals surface area contributed by atoms with Gasteiger partial charge in [0.2, 0.25) is 0 Å². The van der Waals surface area contributed by atoms with Gasteiger partial charge in [0.25, 0.3) is 5.69 Å². The summed E-state index contributed by atoms with van der Waals surface area (Å²) in [5, 5.41) is 43.5. The van der Waals surface area contributed by atoms with Crippen LogP contribution in [0.5, 0.6) is 11.5 Å². The van der Waals surface area contributed by atoms with Crippen molar-refractivity contribution in [3.8, 4) is 11.5 Å². The first-order chi connectivity index (χ1) is 16.9. The van der Waals surface area contributed by atoms with Crippen molar-refractivity contribution in [2.75, 3.05) is 0 Å². The monoisotopic (exact) mass is 575 g/mol. The Morgan fingerprint density at radius 3 is 2.14 bits per heavy atom. The molecular formula is C26H21N3O5Sn. The summed E-state index contributed by atoms with van der Waals surface area (Å²) >= 11 is -0.517. The first-order valence-electron chi connectivity index (χ1n) is 10.5. The fourth-order valence-electron chi connectivity index (χ4n) is 2.98. The summed E-state index contributed by atoms with van der Waals surface area (Å²) in [6.45, 7) is 1.09. The number of hydrogen-bond donors (Lipinski definition) is 1. The van der Waals surface area contributed by atoms with E-state index in [-0.39, 0.29) is 28.2 Å². The van der Waals surface area contributed by atoms with Crippen molar-refractivity contribution < 1.29 is 20.2 Å². The molecule has 0 unspecified atom stereocenters. The molecule has 174 valence electrons. The van der Waals surface area contributed by atoms with Gasteiger partial charge in [-0.3, -0.25) is 20.1 Å². The zero-order chi connectivity index (χ0) is 25.2. The van der Waals surface area contributed by atoms with E-state index in [0.29, 0.717) is 0 Å². The first kappa shape index (κ1) is 25.9. The predicted octanol–water partition coefficient (Wildman–Crippen LogP) is 2.03. The van der Waals surface area contributed by atoms with Crippen LogP contribution in [0.2, 0.25) is 0 Å². The average molecular weight is 574 g/mol. The van der Waals surface area contributed by atoms with E-state index in [4.69, 9.17) is 0 Å². The predicted molar refractivity (Wildman–Crippen MR) is 132 cm³/mol. The van der Waals surface area contributed by atoms with E-state index in [1.165, 1.54) is 20.3 Å². The molecule has 35 heavy (non-hydrogen) atoms. The van der Waals surface area contributed by atoms with Crippen LogP contribution in [0.15, 0.2) is 90.1 Å². The molecular weight excluding hydrogens is 553 g/mol. The van der Waals surface area contributed by atoms with Gasteiger partial charge in [0, 0.05) is 35.8 Å². The van der Waals surface area contributed by atoms with E-state index < -0.39 is 44.2 Å². The summed E-state index contributed by atoms with van der Waals surface area (Å²) in [6, 6.07) is 24.7. The van der Waals surface area contributed by atoms with Crippen LogP contribution in [0, 0.1) is 17.0 Å². The Hall–Kier alpha value is -3.76. The Balaban J connectivity index is 0.000000223. The second-order valence-corrected chi connectivity index (χ2v) is 11.3. The van der Waals surface area contributed by atoms with Crippen molar-refractivity contribution >= 4 is 45.9 Å². The molecule has 0 bridgehead atoms. The molecule has 0 fully saturated rings. The Morgan fingerprint density at radius 2 is 1.60 bits per heavy atom. The standard InChI is InChI=1S/C14H13N3O5.2C6H5.Sn/c1-8-14(20)11(9(7-18)5-15-8)6-16-12-4-10(17(21)22)2-3-13(12)19;2*1-2-4-6-5-3-1;/h2-6,18-20H,7H2,1H3;2*1-5H;/q;;;+2/p-2. The summed E-state index contributed by atoms with van der Waals surface area (Å²) in [5.74, 6) is -0.932. The number of aliphatic hydroxyl groups excluding tert-OH is 1. The van der Waals surface area contributed by atoms with Gasteiger partial charge in [-0.1, -0.05) is 17.6 Å². The Morgan fingerprint density at radius 1 is 1.00 bits per heavy atom. The third-order valence-corrected chi connectivity index (χ3v) is 8.38. The first-order valence-corrected chi connectivity index (χ1v) is 13.4. The molecule has 1 N–H and O–H groups in total. The molecule has 0 amide bonds. The number of nitrogens with zero attached hydrogens (tertiary/aromatic N) is 3. The topological polar surface area (TPSA) is 135 Å². The summed E-state index contributed by atoms with van der Waals surface area (Å²) < 4.78 is 3.08. The molecule has 1 heterocycles. The van der Waals surface area contributed by atoms with E-state index in [1.54, 1.807) is 0 Å². The van der Waals surface area contributed by atoms with Gasteiger partial charge in [0.15, 0.2) is 0 Å². The maximum atomic E-state index is 12.0. The molecule has 8 nitrogen and oxygen atoms in total. The summed E-state index contributed by atoms with van der Waals surface area (Å²) in [7, 11) is 0. The number of non-ortho nitro benzene ring substituents is 1. The van der Waals surface area contributed by atoms with Gasteiger partial charge >= 0.3 is 89.0 Å². The fourth-order valence-corrected chi connectivity index (χ4v) is 5.98. The molecule has 0 saturated heterocycles. The number of rotatable bonds is 6. The SMILES string of the molecule is Cc1ncc(CO)c(C=Nc2cc([N+](=O)[O-])ccc2[O-])c1[O-].c1cc[c]([Sn+2][c]2ccccc2)cc1. The second kappa shape index (κ2) is 12.6. The van der Waals surface area contributed by atoms with E-state index in [9.17, 15) is 25.4 Å². The van der Waals surface area contributed by atoms with Crippen molar-refractivity contribution in [1.29, 1.82) is 0 Å². The minimum absolute atomic E-state index is 0.0981. The number of aromatic nitrogens is 1. The molecule has 0 spiro atoms. The second-order valence-electron chi connectivity index (χ2n) is 7.29. The van der Waals surface area contributed by atoms with Crippen molar-refractivity contribution in [1.82, 2.24) is 4.98 Å². The number of pyridine rings is 1. The quantitative estimate of drug-likeness (QED) is 0.162. The third kappa shape index (κ3) is 7.36. The molecule has 0 saturated carbocycles. The molecule has 4 aromatic rings. The molecule has 4 rings (SSSR count). The van der Waals surface area contributed by atoms with Crippen LogP contribution >= 0.6 is 0 Å². The number of nitro groups is 1. The molecule has 0 atom stereocenters. The zero-order valence-electron chi connectivity index (χ0n) is 18.8. The van der Waals surface area contributed by atoms with E-state index >= 15 is 0 Å². The van der Waals surface area contributed by atoms with Gasteiger partial charge in [-0.15, -0.1) is 0 Å². The van der Waals surface area contributed by atoms with E-state index in [1.807, 2.05) is 0 Å². The minimum atomic E-state index is -0.646. The fraction of sp³-hybridized carbons (Fsp3) is 0.0769. The number of benzene rings is 3. The van der Waals surface area contributed by atoms with Crippen LogP contribution in [0.25, 0.3) is 0 Å². The molecule has 0 aliphatic rings. The van der Waals surface area contributed by atoms with Crippen LogP contribution in [-0.2, 0) is 6.61 Å². The van der Waals surface area contributed by atoms with Gasteiger partial charge in [0.05, 0.1) is 17.2 Å². The molecule has 0 aliphatic carbocycles. The summed E-state index contributed by atoms with van der Waals surface area (Å²) in [4.78, 5) is 17.7. The van der Waals surface area contributed by atoms with Gasteiger partial charge in [-0.2, -0.15) is 0 Å². The number of aliphatic hydroxyl groups is 1. The van der Waals surface area contributed by atoms with Crippen molar-refractivity contribution in [2.45, 2.75) is 13.5 Å². The molecule has 1 aromatic heterocycles.